The van der Waals surface area contributed by atoms with Gasteiger partial charge in [0.05, 0.1) is 29.6 Å². The third-order valence-corrected chi connectivity index (χ3v) is 4.49. The van der Waals surface area contributed by atoms with Crippen LogP contribution in [0.4, 0.5) is 10.3 Å². The summed E-state index contributed by atoms with van der Waals surface area (Å²) < 4.78 is 13.4. The van der Waals surface area contributed by atoms with Crippen LogP contribution in [0.1, 0.15) is 35.0 Å². The van der Waals surface area contributed by atoms with E-state index in [1.807, 2.05) is 0 Å². The molecule has 1 amide bonds. The van der Waals surface area contributed by atoms with Gasteiger partial charge in [-0.3, -0.25) is 14.6 Å². The van der Waals surface area contributed by atoms with Gasteiger partial charge in [0.2, 0.25) is 11.9 Å². The summed E-state index contributed by atoms with van der Waals surface area (Å²) in [5.41, 5.74) is 16.3. The van der Waals surface area contributed by atoms with Gasteiger partial charge in [0.15, 0.2) is 5.84 Å². The second kappa shape index (κ2) is 8.54. The number of carbonyl (C=O) groups excluding carboxylic acids is 1. The number of primary amides is 1. The number of carbonyl (C=O) groups is 1. The number of amides is 1. The van der Waals surface area contributed by atoms with Crippen molar-refractivity contribution >= 4 is 31.0 Å². The standard InChI is InChI=1S/C18H20BFN6O3/c1-8-15-13(25-18(22)23-8)7-12(10-3-2-9(20)6-11(10)19)24-17(15)26-29-5-4-14(27)16(21)28/h2-3,6,12,14,27H,4-5,7H2,1H3,(H2,21,28)(H,24,26)(H2,22,23,25)/t12-,14+/m1/s1. The summed E-state index contributed by atoms with van der Waals surface area (Å²) >= 11 is 0. The number of aliphatic hydroxyl groups is 1. The molecule has 29 heavy (non-hydrogen) atoms. The average Bonchev–Trinajstić information content (AvgIpc) is 2.63. The smallest absolute Gasteiger partial charge is 0.246 e. The molecule has 0 saturated carbocycles. The van der Waals surface area contributed by atoms with Crippen molar-refractivity contribution in [3.8, 4) is 0 Å². The van der Waals surface area contributed by atoms with Gasteiger partial charge in [-0.05, 0) is 24.6 Å². The Morgan fingerprint density at radius 2 is 2.24 bits per heavy atom. The molecule has 0 fully saturated rings. The third-order valence-electron chi connectivity index (χ3n) is 4.49. The van der Waals surface area contributed by atoms with Crippen LogP contribution in [0.3, 0.4) is 0 Å². The molecule has 0 spiro atoms. The monoisotopic (exact) mass is 398 g/mol. The molecule has 2 aromatic rings. The highest BCUT2D eigenvalue weighted by Gasteiger charge is 2.27. The number of hydroxylamine groups is 1. The van der Waals surface area contributed by atoms with Crippen LogP contribution in [0.15, 0.2) is 23.2 Å². The van der Waals surface area contributed by atoms with Crippen LogP contribution >= 0.6 is 0 Å². The summed E-state index contributed by atoms with van der Waals surface area (Å²) in [5.74, 6) is -0.811. The zero-order valence-electron chi connectivity index (χ0n) is 15.7. The lowest BCUT2D eigenvalue weighted by atomic mass is 9.84. The molecule has 11 heteroatoms. The molecule has 1 aliphatic rings. The number of aromatic nitrogens is 2. The maximum Gasteiger partial charge on any atom is 0.246 e. The number of aliphatic hydroxyl groups excluding tert-OH is 1. The Labute approximate surface area is 167 Å². The molecule has 0 unspecified atom stereocenters. The van der Waals surface area contributed by atoms with Crippen LogP contribution in [0.5, 0.6) is 0 Å². The normalized spacial score (nSPS) is 16.7. The Balaban J connectivity index is 1.87. The number of amidine groups is 1. The van der Waals surface area contributed by atoms with Crippen molar-refractivity contribution in [1.29, 1.82) is 0 Å². The van der Waals surface area contributed by atoms with Gasteiger partial charge in [0.1, 0.15) is 19.8 Å². The number of rotatable bonds is 6. The van der Waals surface area contributed by atoms with Gasteiger partial charge in [0, 0.05) is 12.8 Å². The Morgan fingerprint density at radius 3 is 2.93 bits per heavy atom. The van der Waals surface area contributed by atoms with Crippen molar-refractivity contribution in [2.45, 2.75) is 31.9 Å². The minimum absolute atomic E-state index is 0.00328. The molecular formula is C18H20BFN6O3. The highest BCUT2D eigenvalue weighted by atomic mass is 19.1. The van der Waals surface area contributed by atoms with E-state index in [1.54, 1.807) is 13.0 Å². The molecule has 3 rings (SSSR count). The average molecular weight is 398 g/mol. The van der Waals surface area contributed by atoms with E-state index in [9.17, 15) is 14.3 Å². The Kier molecular flexibility index (Phi) is 6.09. The zero-order chi connectivity index (χ0) is 21.1. The number of nitrogen functional groups attached to an aromatic ring is 1. The zero-order valence-corrected chi connectivity index (χ0v) is 15.7. The number of aliphatic imine (C=N–C) groups is 1. The fourth-order valence-corrected chi connectivity index (χ4v) is 3.10. The minimum atomic E-state index is -1.31. The van der Waals surface area contributed by atoms with Gasteiger partial charge in [-0.1, -0.05) is 11.5 Å². The second-order valence-corrected chi connectivity index (χ2v) is 6.62. The molecule has 0 bridgehead atoms. The molecule has 1 aromatic heterocycles. The molecule has 0 saturated heterocycles. The molecular weight excluding hydrogens is 378 g/mol. The minimum Gasteiger partial charge on any atom is -0.383 e. The van der Waals surface area contributed by atoms with E-state index in [0.29, 0.717) is 34.8 Å². The largest absolute Gasteiger partial charge is 0.383 e. The summed E-state index contributed by atoms with van der Waals surface area (Å²) in [4.78, 5) is 29.3. The van der Waals surface area contributed by atoms with Crippen molar-refractivity contribution in [2.24, 2.45) is 10.7 Å². The first kappa shape index (κ1) is 20.7. The van der Waals surface area contributed by atoms with Crippen molar-refractivity contribution in [3.05, 3.63) is 46.5 Å². The summed E-state index contributed by atoms with van der Waals surface area (Å²) in [5, 5.41) is 9.45. The van der Waals surface area contributed by atoms with Crippen LogP contribution in [0.25, 0.3) is 0 Å². The predicted octanol–water partition coefficient (Wildman–Crippen LogP) is -0.898. The Bertz CT molecular complexity index is 971. The van der Waals surface area contributed by atoms with E-state index >= 15 is 0 Å². The van der Waals surface area contributed by atoms with Gasteiger partial charge in [-0.25, -0.2) is 19.8 Å². The number of nitrogens with zero attached hydrogens (tertiary/aromatic N) is 3. The van der Waals surface area contributed by atoms with E-state index in [2.05, 4.69) is 20.4 Å². The first-order valence-electron chi connectivity index (χ1n) is 8.87. The summed E-state index contributed by atoms with van der Waals surface area (Å²) in [7, 11) is 5.97. The number of anilines is 1. The summed E-state index contributed by atoms with van der Waals surface area (Å²) in [6.07, 6.45) is -0.910. The van der Waals surface area contributed by atoms with Crippen LogP contribution in [0.2, 0.25) is 0 Å². The molecule has 1 aliphatic heterocycles. The quantitative estimate of drug-likeness (QED) is 0.280. The van der Waals surface area contributed by atoms with Crippen molar-refractivity contribution in [1.82, 2.24) is 15.4 Å². The lowest BCUT2D eigenvalue weighted by Gasteiger charge is -2.25. The SMILES string of the molecule is [B]c1cc(F)ccc1[C@H]1Cc2nc(N)nc(C)c2C(NOCC[C@H](O)C(N)=O)=N1. The van der Waals surface area contributed by atoms with Crippen LogP contribution in [-0.4, -0.2) is 47.4 Å². The number of aryl methyl sites for hydroxylation is 1. The van der Waals surface area contributed by atoms with Gasteiger partial charge in [-0.2, -0.15) is 0 Å². The number of fused-ring (bicyclic) bond motifs is 1. The molecule has 2 heterocycles. The number of halogens is 1. The van der Waals surface area contributed by atoms with Gasteiger partial charge in [-0.15, -0.1) is 0 Å². The molecule has 2 atom stereocenters. The Hall–Kier alpha value is -3.05. The topological polar surface area (TPSA) is 149 Å². The van der Waals surface area contributed by atoms with Crippen LogP contribution < -0.4 is 22.4 Å². The first-order chi connectivity index (χ1) is 13.8. The second-order valence-electron chi connectivity index (χ2n) is 6.62. The molecule has 150 valence electrons. The van der Waals surface area contributed by atoms with Crippen LogP contribution in [0, 0.1) is 12.7 Å². The van der Waals surface area contributed by atoms with E-state index in [-0.39, 0.29) is 24.4 Å². The number of nitrogens with one attached hydrogen (secondary N) is 1. The maximum atomic E-state index is 13.4. The van der Waals surface area contributed by atoms with E-state index < -0.39 is 23.9 Å². The molecule has 9 nitrogen and oxygen atoms in total. The molecule has 1 aromatic carbocycles. The van der Waals surface area contributed by atoms with Crippen molar-refractivity contribution in [3.63, 3.8) is 0 Å². The fraction of sp³-hybridized carbons (Fsp3) is 0.333. The van der Waals surface area contributed by atoms with Crippen molar-refractivity contribution < 1.29 is 19.1 Å². The van der Waals surface area contributed by atoms with Crippen LogP contribution in [-0.2, 0) is 16.1 Å². The molecule has 6 N–H and O–H groups in total. The van der Waals surface area contributed by atoms with Gasteiger partial charge in [0.25, 0.3) is 0 Å². The van der Waals surface area contributed by atoms with Crippen molar-refractivity contribution in [2.75, 3.05) is 12.3 Å². The number of hydrogen-bond acceptors (Lipinski definition) is 8. The third kappa shape index (κ3) is 4.69. The highest BCUT2D eigenvalue weighted by molar-refractivity contribution is 6.33. The maximum absolute atomic E-state index is 13.4. The summed E-state index contributed by atoms with van der Waals surface area (Å²) in [6.45, 7) is 1.76. The molecule has 2 radical (unpaired) electrons. The number of nitrogens with two attached hydrogens (primary N) is 2. The van der Waals surface area contributed by atoms with E-state index in [0.717, 1.165) is 0 Å². The summed E-state index contributed by atoms with van der Waals surface area (Å²) in [6, 6.07) is 3.67. The number of benzene rings is 1. The lowest BCUT2D eigenvalue weighted by molar-refractivity contribution is -0.127. The predicted molar refractivity (Wildman–Crippen MR) is 105 cm³/mol. The fourth-order valence-electron chi connectivity index (χ4n) is 3.10. The van der Waals surface area contributed by atoms with Gasteiger partial charge >= 0.3 is 0 Å². The number of hydrogen-bond donors (Lipinski definition) is 4. The Morgan fingerprint density at radius 1 is 1.48 bits per heavy atom. The highest BCUT2D eigenvalue weighted by Crippen LogP contribution is 2.29. The molecule has 0 aliphatic carbocycles. The van der Waals surface area contributed by atoms with E-state index in [1.165, 1.54) is 12.1 Å². The van der Waals surface area contributed by atoms with E-state index in [4.69, 9.17) is 24.2 Å². The first-order valence-corrected chi connectivity index (χ1v) is 8.87. The lowest BCUT2D eigenvalue weighted by Crippen LogP contribution is -2.34. The van der Waals surface area contributed by atoms with Gasteiger partial charge < -0.3 is 16.6 Å².